The Morgan fingerprint density at radius 3 is 2.21 bits per heavy atom. The highest BCUT2D eigenvalue weighted by atomic mass is 35.5. The molecule has 42 heavy (non-hydrogen) atoms. The molecule has 6 nitrogen and oxygen atoms in total. The number of hydrogen-bond acceptors (Lipinski definition) is 6. The van der Waals surface area contributed by atoms with Gasteiger partial charge in [-0.2, -0.15) is 0 Å². The molecule has 7 heteroatoms. The third kappa shape index (κ3) is 7.28. The minimum atomic E-state index is -0.571. The number of carbonyl (C=O) groups is 1. The van der Waals surface area contributed by atoms with Crippen molar-refractivity contribution in [3.05, 3.63) is 135 Å². The molecule has 212 valence electrons. The van der Waals surface area contributed by atoms with E-state index in [1.165, 1.54) is 18.4 Å². The van der Waals surface area contributed by atoms with Crippen LogP contribution in [0.25, 0.3) is 17.0 Å². The normalized spacial score (nSPS) is 11.5. The molecule has 0 spiro atoms. The molecule has 1 aromatic heterocycles. The molecule has 0 bridgehead atoms. The zero-order valence-corrected chi connectivity index (χ0v) is 24.2. The smallest absolute Gasteiger partial charge is 0.336 e. The Balaban J connectivity index is 1.18. The van der Waals surface area contributed by atoms with Gasteiger partial charge in [0.1, 0.15) is 35.7 Å². The van der Waals surface area contributed by atoms with Crippen molar-refractivity contribution in [3.8, 4) is 23.0 Å². The number of ether oxygens (including phenoxy) is 3. The van der Waals surface area contributed by atoms with Crippen molar-refractivity contribution in [1.82, 2.24) is 0 Å². The molecule has 0 atom stereocenters. The fraction of sp³-hybridized carbons (Fsp3) is 0.143. The number of carbonyl (C=O) groups excluding carboxylic acids is 1. The molecule has 0 fully saturated rings. The van der Waals surface area contributed by atoms with Crippen molar-refractivity contribution in [1.29, 1.82) is 0 Å². The molecule has 0 aliphatic carbocycles. The van der Waals surface area contributed by atoms with Crippen LogP contribution < -0.4 is 19.6 Å². The largest absolute Gasteiger partial charge is 0.489 e. The second-order valence-corrected chi connectivity index (χ2v) is 11.1. The van der Waals surface area contributed by atoms with E-state index < -0.39 is 5.97 Å². The highest BCUT2D eigenvalue weighted by Crippen LogP contribution is 2.28. The highest BCUT2D eigenvalue weighted by Gasteiger charge is 2.15. The van der Waals surface area contributed by atoms with Gasteiger partial charge in [-0.25, -0.2) is 4.79 Å². The van der Waals surface area contributed by atoms with E-state index in [1.807, 2.05) is 72.8 Å². The summed E-state index contributed by atoms with van der Waals surface area (Å²) in [5.41, 5.74) is 2.93. The van der Waals surface area contributed by atoms with Gasteiger partial charge in [0.2, 0.25) is 11.2 Å². The molecule has 0 amide bonds. The number of benzene rings is 4. The Hall–Kier alpha value is -4.81. The van der Waals surface area contributed by atoms with E-state index in [2.05, 4.69) is 20.8 Å². The highest BCUT2D eigenvalue weighted by molar-refractivity contribution is 6.30. The molecule has 0 N–H and O–H groups in total. The Bertz CT molecular complexity index is 1780. The van der Waals surface area contributed by atoms with Gasteiger partial charge in [-0.3, -0.25) is 4.79 Å². The summed E-state index contributed by atoms with van der Waals surface area (Å²) in [7, 11) is 0. The first-order valence-corrected chi connectivity index (χ1v) is 13.7. The summed E-state index contributed by atoms with van der Waals surface area (Å²) in [6, 6.07) is 27.0. The molecule has 0 unspecified atom stereocenters. The fourth-order valence-corrected chi connectivity index (χ4v) is 4.24. The van der Waals surface area contributed by atoms with Gasteiger partial charge < -0.3 is 18.6 Å². The van der Waals surface area contributed by atoms with Crippen LogP contribution in [0.3, 0.4) is 0 Å². The number of esters is 1. The molecule has 0 aliphatic rings. The van der Waals surface area contributed by atoms with Gasteiger partial charge in [-0.15, -0.1) is 0 Å². The van der Waals surface area contributed by atoms with Gasteiger partial charge in [-0.05, 0) is 76.7 Å². The maximum Gasteiger partial charge on any atom is 0.336 e. The van der Waals surface area contributed by atoms with Crippen LogP contribution in [-0.2, 0) is 16.8 Å². The minimum Gasteiger partial charge on any atom is -0.489 e. The molecular formula is C35H29ClO6. The van der Waals surface area contributed by atoms with Crippen LogP contribution in [0.2, 0.25) is 5.02 Å². The monoisotopic (exact) mass is 580 g/mol. The third-order valence-electron chi connectivity index (χ3n) is 6.49. The maximum absolute atomic E-state index is 13.0. The Kier molecular flexibility index (Phi) is 8.46. The van der Waals surface area contributed by atoms with Crippen molar-refractivity contribution in [2.24, 2.45) is 0 Å². The predicted molar refractivity (Wildman–Crippen MR) is 165 cm³/mol. The van der Waals surface area contributed by atoms with Gasteiger partial charge in [0.25, 0.3) is 0 Å². The van der Waals surface area contributed by atoms with E-state index in [0.717, 1.165) is 16.7 Å². The average Bonchev–Trinajstić information content (AvgIpc) is 2.98. The van der Waals surface area contributed by atoms with Crippen molar-refractivity contribution in [2.45, 2.75) is 32.8 Å². The van der Waals surface area contributed by atoms with Crippen molar-refractivity contribution in [3.63, 3.8) is 0 Å². The average molecular weight is 581 g/mol. The van der Waals surface area contributed by atoms with E-state index in [9.17, 15) is 9.59 Å². The first-order valence-electron chi connectivity index (χ1n) is 13.4. The lowest BCUT2D eigenvalue weighted by molar-refractivity contribution is -0.128. The lowest BCUT2D eigenvalue weighted by Crippen LogP contribution is -2.10. The van der Waals surface area contributed by atoms with E-state index in [0.29, 0.717) is 28.5 Å². The van der Waals surface area contributed by atoms with E-state index in [4.69, 9.17) is 30.2 Å². The molecule has 0 saturated heterocycles. The zero-order chi connectivity index (χ0) is 29.7. The molecular weight excluding hydrogens is 552 g/mol. The fourth-order valence-electron chi connectivity index (χ4n) is 4.11. The lowest BCUT2D eigenvalue weighted by Gasteiger charge is -2.19. The van der Waals surface area contributed by atoms with Crippen LogP contribution in [0, 0.1) is 0 Å². The molecule has 0 aliphatic heterocycles. The predicted octanol–water partition coefficient (Wildman–Crippen LogP) is 8.73. The van der Waals surface area contributed by atoms with Crippen molar-refractivity contribution < 1.29 is 23.4 Å². The van der Waals surface area contributed by atoms with E-state index in [1.54, 1.807) is 18.2 Å². The number of fused-ring (bicyclic) bond motifs is 1. The lowest BCUT2D eigenvalue weighted by atomic mass is 9.87. The topological polar surface area (TPSA) is 75.0 Å². The van der Waals surface area contributed by atoms with Crippen LogP contribution in [0.15, 0.2) is 113 Å². The number of hydrogen-bond donors (Lipinski definition) is 0. The van der Waals surface area contributed by atoms with Crippen LogP contribution in [0.5, 0.6) is 23.0 Å². The Morgan fingerprint density at radius 2 is 1.52 bits per heavy atom. The van der Waals surface area contributed by atoms with E-state index >= 15 is 0 Å². The maximum atomic E-state index is 13.0. The summed E-state index contributed by atoms with van der Waals surface area (Å²) in [6.07, 6.45) is 4.23. The number of halogens is 1. The summed E-state index contributed by atoms with van der Waals surface area (Å²) in [6.45, 7) is 6.80. The summed E-state index contributed by atoms with van der Waals surface area (Å²) < 4.78 is 22.6. The van der Waals surface area contributed by atoms with E-state index in [-0.39, 0.29) is 27.9 Å². The SMILES string of the molecule is CC(C)(C)c1ccc(Oc2coc3cc(OC(=O)/C=C/c4ccc(OCc5ccc(Cl)cc5)cc4)ccc3c2=O)cc1. The van der Waals surface area contributed by atoms with Gasteiger partial charge in [-0.1, -0.05) is 68.8 Å². The van der Waals surface area contributed by atoms with Gasteiger partial charge >= 0.3 is 5.97 Å². The van der Waals surface area contributed by atoms with Crippen LogP contribution in [-0.4, -0.2) is 5.97 Å². The van der Waals surface area contributed by atoms with Gasteiger partial charge in [0.15, 0.2) is 0 Å². The number of rotatable bonds is 8. The first kappa shape index (κ1) is 28.7. The summed E-state index contributed by atoms with van der Waals surface area (Å²) in [5, 5.41) is 0.992. The summed E-state index contributed by atoms with van der Waals surface area (Å²) in [5.74, 6) is 0.984. The van der Waals surface area contributed by atoms with Gasteiger partial charge in [0, 0.05) is 17.2 Å². The van der Waals surface area contributed by atoms with Crippen LogP contribution in [0.4, 0.5) is 0 Å². The van der Waals surface area contributed by atoms with Crippen LogP contribution in [0.1, 0.15) is 37.5 Å². The second-order valence-electron chi connectivity index (χ2n) is 10.7. The minimum absolute atomic E-state index is 0.0117. The molecule has 0 radical (unpaired) electrons. The summed E-state index contributed by atoms with van der Waals surface area (Å²) >= 11 is 5.91. The Labute approximate surface area is 248 Å². The van der Waals surface area contributed by atoms with Crippen molar-refractivity contribution >= 4 is 34.6 Å². The third-order valence-corrected chi connectivity index (χ3v) is 6.74. The zero-order valence-electron chi connectivity index (χ0n) is 23.4. The molecule has 5 rings (SSSR count). The molecule has 5 aromatic rings. The molecule has 1 heterocycles. The Morgan fingerprint density at radius 1 is 0.857 bits per heavy atom. The van der Waals surface area contributed by atoms with Crippen LogP contribution >= 0.6 is 11.6 Å². The first-order chi connectivity index (χ1) is 20.1. The van der Waals surface area contributed by atoms with Crippen molar-refractivity contribution in [2.75, 3.05) is 0 Å². The second kappa shape index (κ2) is 12.4. The standard InChI is InChI=1S/C35H29ClO6/c1-35(2,3)25-9-15-28(16-10-25)41-32-22-40-31-20-29(17-18-30(31)34(32)38)42-33(37)19-8-23-6-13-27(14-7-23)39-21-24-4-11-26(36)12-5-24/h4-20,22H,21H2,1-3H3/b19-8+. The summed E-state index contributed by atoms with van der Waals surface area (Å²) in [4.78, 5) is 25.4. The van der Waals surface area contributed by atoms with Gasteiger partial charge in [0.05, 0.1) is 5.39 Å². The molecule has 4 aromatic carbocycles. The quantitative estimate of drug-likeness (QED) is 0.104. The molecule has 0 saturated carbocycles.